The van der Waals surface area contributed by atoms with Crippen LogP contribution in [0.3, 0.4) is 0 Å². The van der Waals surface area contributed by atoms with Crippen LogP contribution in [-0.4, -0.2) is 19.6 Å². The molecule has 2 heterocycles. The summed E-state index contributed by atoms with van der Waals surface area (Å²) in [5.74, 6) is 0.469. The van der Waals surface area contributed by atoms with Crippen molar-refractivity contribution < 1.29 is 0 Å². The molecule has 1 aliphatic carbocycles. The van der Waals surface area contributed by atoms with Crippen LogP contribution in [0.25, 0.3) is 17.0 Å². The van der Waals surface area contributed by atoms with E-state index in [-0.39, 0.29) is 11.0 Å². The Morgan fingerprint density at radius 1 is 1.26 bits per heavy atom. The van der Waals surface area contributed by atoms with E-state index in [1.165, 1.54) is 9.96 Å². The lowest BCUT2D eigenvalue weighted by Crippen LogP contribution is -2.39. The number of benzene rings is 1. The SMILES string of the molecule is CCC1(CC)Cc2ccccc2-c2nc3[nH][nH]c(=S)n3c(=O)c21. The molecule has 2 N–H and O–H groups in total. The fraction of sp³-hybridized carbons (Fsp3) is 0.353. The lowest BCUT2D eigenvalue weighted by Gasteiger charge is -2.37. The van der Waals surface area contributed by atoms with Gasteiger partial charge in [0, 0.05) is 11.0 Å². The minimum absolute atomic E-state index is 0.0503. The molecule has 23 heavy (non-hydrogen) atoms. The van der Waals surface area contributed by atoms with Gasteiger partial charge in [0.1, 0.15) is 0 Å². The Hall–Kier alpha value is -2.21. The van der Waals surface area contributed by atoms with E-state index in [2.05, 4.69) is 36.2 Å². The highest BCUT2D eigenvalue weighted by Crippen LogP contribution is 2.44. The molecule has 0 atom stereocenters. The van der Waals surface area contributed by atoms with Gasteiger partial charge in [0.2, 0.25) is 10.5 Å². The number of fused-ring (bicyclic) bond motifs is 4. The number of hydrogen-bond donors (Lipinski definition) is 2. The maximum atomic E-state index is 13.2. The first-order valence-corrected chi connectivity index (χ1v) is 8.34. The van der Waals surface area contributed by atoms with Crippen molar-refractivity contribution in [3.8, 4) is 11.3 Å². The Morgan fingerprint density at radius 3 is 2.74 bits per heavy atom. The van der Waals surface area contributed by atoms with Crippen molar-refractivity contribution in [3.63, 3.8) is 0 Å². The van der Waals surface area contributed by atoms with Gasteiger partial charge in [-0.15, -0.1) is 0 Å². The summed E-state index contributed by atoms with van der Waals surface area (Å²) in [5.41, 5.74) is 3.68. The molecule has 0 amide bonds. The molecule has 0 spiro atoms. The summed E-state index contributed by atoms with van der Waals surface area (Å²) in [6, 6.07) is 8.24. The molecular weight excluding hydrogens is 308 g/mol. The number of H-pyrrole nitrogens is 2. The minimum Gasteiger partial charge on any atom is -0.273 e. The first kappa shape index (κ1) is 14.4. The summed E-state index contributed by atoms with van der Waals surface area (Å²) in [5, 5.41) is 5.71. The third-order valence-corrected chi connectivity index (χ3v) is 5.54. The summed E-state index contributed by atoms with van der Waals surface area (Å²) < 4.78 is 1.84. The average molecular weight is 326 g/mol. The average Bonchev–Trinajstić information content (AvgIpc) is 2.95. The van der Waals surface area contributed by atoms with E-state index in [1.54, 1.807) is 0 Å². The van der Waals surface area contributed by atoms with Crippen LogP contribution in [0.5, 0.6) is 0 Å². The summed E-state index contributed by atoms with van der Waals surface area (Å²) in [6.45, 7) is 4.29. The molecule has 0 bridgehead atoms. The van der Waals surface area contributed by atoms with Crippen LogP contribution in [0.4, 0.5) is 0 Å². The van der Waals surface area contributed by atoms with Crippen molar-refractivity contribution >= 4 is 18.0 Å². The number of rotatable bonds is 2. The van der Waals surface area contributed by atoms with Crippen LogP contribution in [0.15, 0.2) is 29.1 Å². The minimum atomic E-state index is -0.187. The van der Waals surface area contributed by atoms with Gasteiger partial charge in [0.15, 0.2) is 0 Å². The fourth-order valence-corrected chi connectivity index (χ4v) is 4.06. The molecule has 2 aromatic heterocycles. The van der Waals surface area contributed by atoms with Crippen molar-refractivity contribution in [3.05, 3.63) is 50.5 Å². The number of hydrogen-bond acceptors (Lipinski definition) is 3. The topological polar surface area (TPSA) is 65.9 Å². The smallest absolute Gasteiger partial charge is 0.265 e. The van der Waals surface area contributed by atoms with Gasteiger partial charge in [-0.2, -0.15) is 0 Å². The van der Waals surface area contributed by atoms with Crippen LogP contribution in [0.2, 0.25) is 0 Å². The largest absolute Gasteiger partial charge is 0.273 e. The predicted molar refractivity (Wildman–Crippen MR) is 92.4 cm³/mol. The zero-order chi connectivity index (χ0) is 16.2. The first-order valence-electron chi connectivity index (χ1n) is 7.93. The Kier molecular flexibility index (Phi) is 3.06. The van der Waals surface area contributed by atoms with Crippen LogP contribution in [0, 0.1) is 4.77 Å². The Labute approximate surface area is 138 Å². The van der Waals surface area contributed by atoms with Gasteiger partial charge in [-0.25, -0.2) is 9.38 Å². The fourth-order valence-electron chi connectivity index (χ4n) is 3.84. The van der Waals surface area contributed by atoms with Crippen LogP contribution >= 0.6 is 12.2 Å². The van der Waals surface area contributed by atoms with Crippen molar-refractivity contribution in [2.75, 3.05) is 0 Å². The highest BCUT2D eigenvalue weighted by atomic mass is 32.1. The third-order valence-electron chi connectivity index (χ3n) is 5.25. The van der Waals surface area contributed by atoms with Crippen LogP contribution in [0.1, 0.15) is 37.8 Å². The number of nitrogens with one attached hydrogen (secondary N) is 2. The van der Waals surface area contributed by atoms with Crippen LogP contribution in [-0.2, 0) is 11.8 Å². The predicted octanol–water partition coefficient (Wildman–Crippen LogP) is 3.36. The van der Waals surface area contributed by atoms with E-state index in [0.717, 1.165) is 36.1 Å². The zero-order valence-electron chi connectivity index (χ0n) is 13.1. The summed E-state index contributed by atoms with van der Waals surface area (Å²) in [4.78, 5) is 18.0. The molecule has 0 unspecified atom stereocenters. The number of nitrogens with zero attached hydrogens (tertiary/aromatic N) is 2. The summed E-state index contributed by atoms with van der Waals surface area (Å²) in [7, 11) is 0. The van der Waals surface area contributed by atoms with Crippen molar-refractivity contribution in [1.82, 2.24) is 19.6 Å². The van der Waals surface area contributed by atoms with Gasteiger partial charge < -0.3 is 0 Å². The number of aromatic amines is 2. The van der Waals surface area contributed by atoms with Gasteiger partial charge in [-0.05, 0) is 37.0 Å². The molecule has 4 rings (SSSR count). The third kappa shape index (κ3) is 1.81. The quantitative estimate of drug-likeness (QED) is 0.710. The lowest BCUT2D eigenvalue weighted by atomic mass is 9.66. The molecule has 1 aromatic carbocycles. The van der Waals surface area contributed by atoms with Gasteiger partial charge >= 0.3 is 0 Å². The molecule has 0 saturated carbocycles. The Balaban J connectivity index is 2.22. The maximum Gasteiger partial charge on any atom is 0.265 e. The van der Waals surface area contributed by atoms with Gasteiger partial charge in [-0.3, -0.25) is 15.0 Å². The summed E-state index contributed by atoms with van der Waals surface area (Å²) in [6.07, 6.45) is 2.66. The Morgan fingerprint density at radius 2 is 2.00 bits per heavy atom. The second-order valence-electron chi connectivity index (χ2n) is 6.18. The van der Waals surface area contributed by atoms with E-state index in [0.29, 0.717) is 10.5 Å². The van der Waals surface area contributed by atoms with E-state index in [4.69, 9.17) is 17.2 Å². The molecule has 0 saturated heterocycles. The zero-order valence-corrected chi connectivity index (χ0v) is 14.0. The second-order valence-corrected chi connectivity index (χ2v) is 6.56. The molecule has 0 aliphatic heterocycles. The highest BCUT2D eigenvalue weighted by Gasteiger charge is 2.40. The molecular formula is C17H18N4OS. The second kappa shape index (κ2) is 4.89. The molecule has 5 nitrogen and oxygen atoms in total. The molecule has 0 radical (unpaired) electrons. The van der Waals surface area contributed by atoms with Gasteiger partial charge in [0.25, 0.3) is 5.56 Å². The van der Waals surface area contributed by atoms with Crippen molar-refractivity contribution in [2.45, 2.75) is 38.5 Å². The Bertz CT molecular complexity index is 1020. The van der Waals surface area contributed by atoms with Crippen molar-refractivity contribution in [1.29, 1.82) is 0 Å². The molecule has 0 fully saturated rings. The standard InChI is InChI=1S/C17H18N4OS/c1-3-17(4-2)9-10-7-5-6-8-11(10)13-12(17)14(22)21-15(18-13)19-20-16(21)23/h5-8H,3-4,9H2,1-2H3,(H,18,19)(H,20,23). The van der Waals surface area contributed by atoms with Crippen molar-refractivity contribution in [2.24, 2.45) is 0 Å². The normalized spacial score (nSPS) is 15.4. The number of aromatic nitrogens is 4. The van der Waals surface area contributed by atoms with E-state index in [1.807, 2.05) is 12.1 Å². The monoisotopic (exact) mass is 326 g/mol. The molecule has 3 aromatic rings. The van der Waals surface area contributed by atoms with E-state index in [9.17, 15) is 4.79 Å². The van der Waals surface area contributed by atoms with Gasteiger partial charge in [0.05, 0.1) is 11.3 Å². The highest BCUT2D eigenvalue weighted by molar-refractivity contribution is 7.71. The van der Waals surface area contributed by atoms with Gasteiger partial charge in [-0.1, -0.05) is 38.1 Å². The molecule has 6 heteroatoms. The molecule has 118 valence electrons. The lowest BCUT2D eigenvalue weighted by molar-refractivity contribution is 0.383. The summed E-state index contributed by atoms with van der Waals surface area (Å²) >= 11 is 5.24. The molecule has 1 aliphatic rings. The van der Waals surface area contributed by atoms with E-state index < -0.39 is 0 Å². The van der Waals surface area contributed by atoms with E-state index >= 15 is 0 Å². The van der Waals surface area contributed by atoms with Crippen LogP contribution < -0.4 is 5.56 Å². The maximum absolute atomic E-state index is 13.2. The first-order chi connectivity index (χ1) is 11.1.